The minimum atomic E-state index is -3.16. The molecule has 0 radical (unpaired) electrons. The number of hydrogen-bond donors (Lipinski definition) is 2. The van der Waals surface area contributed by atoms with Crippen molar-refractivity contribution in [3.8, 4) is 0 Å². The van der Waals surface area contributed by atoms with E-state index < -0.39 is 7.60 Å². The van der Waals surface area contributed by atoms with Crippen LogP contribution in [0.5, 0.6) is 0 Å². The smallest absolute Gasteiger partial charge is 0.331 e. The number of rotatable bonds is 7. The first-order chi connectivity index (χ1) is 20.0. The second kappa shape index (κ2) is 12.1. The van der Waals surface area contributed by atoms with Crippen molar-refractivity contribution in [2.75, 3.05) is 19.4 Å². The van der Waals surface area contributed by atoms with Crippen LogP contribution in [0.3, 0.4) is 0 Å². The third kappa shape index (κ3) is 5.39. The molecule has 7 heteroatoms. The maximum Gasteiger partial charge on any atom is 0.331 e. The Morgan fingerprint density at radius 1 is 1.05 bits per heavy atom. The Kier molecular flexibility index (Phi) is 9.07. The highest BCUT2D eigenvalue weighted by atomic mass is 35.5. The van der Waals surface area contributed by atoms with Crippen molar-refractivity contribution in [1.29, 1.82) is 0 Å². The van der Waals surface area contributed by atoms with Gasteiger partial charge in [0.15, 0.2) is 0 Å². The van der Waals surface area contributed by atoms with E-state index in [-0.39, 0.29) is 29.0 Å². The van der Waals surface area contributed by atoms with Gasteiger partial charge in [-0.15, -0.1) is 0 Å². The van der Waals surface area contributed by atoms with Crippen LogP contribution in [0, 0.1) is 52.3 Å². The molecule has 1 aliphatic heterocycles. The Balaban J connectivity index is 1.11. The highest BCUT2D eigenvalue weighted by Crippen LogP contribution is 2.69. The fourth-order valence-electron chi connectivity index (χ4n) is 11.4. The molecule has 42 heavy (non-hydrogen) atoms. The van der Waals surface area contributed by atoms with Crippen molar-refractivity contribution < 1.29 is 23.8 Å². The third-order valence-corrected chi connectivity index (χ3v) is 15.9. The summed E-state index contributed by atoms with van der Waals surface area (Å²) in [5.41, 5.74) is 1.49. The molecule has 1 saturated heterocycles. The van der Waals surface area contributed by atoms with E-state index in [1.165, 1.54) is 25.7 Å². The number of aliphatic hydroxyl groups excluding tert-OH is 2. The summed E-state index contributed by atoms with van der Waals surface area (Å²) in [5.74, 6) is 3.35. The molecular formula is C35H54ClO5P. The van der Waals surface area contributed by atoms with Crippen LogP contribution in [0.4, 0.5) is 0 Å². The lowest BCUT2D eigenvalue weighted by atomic mass is 9.41. The van der Waals surface area contributed by atoms with Crippen molar-refractivity contribution in [3.63, 3.8) is 0 Å². The van der Waals surface area contributed by atoms with Crippen LogP contribution in [0.1, 0.15) is 103 Å². The fourth-order valence-corrected chi connectivity index (χ4v) is 13.7. The van der Waals surface area contributed by atoms with Crippen LogP contribution in [0.2, 0.25) is 5.02 Å². The lowest BCUT2D eigenvalue weighted by Crippen LogP contribution is -2.62. The molecule has 0 spiro atoms. The van der Waals surface area contributed by atoms with Gasteiger partial charge >= 0.3 is 7.60 Å². The Bertz CT molecular complexity index is 1160. The predicted molar refractivity (Wildman–Crippen MR) is 169 cm³/mol. The molecule has 0 bridgehead atoms. The van der Waals surface area contributed by atoms with E-state index in [1.807, 2.05) is 24.3 Å². The van der Waals surface area contributed by atoms with Gasteiger partial charge in [-0.25, -0.2) is 0 Å². The fraction of sp³-hybridized carbons (Fsp3) is 0.829. The molecule has 1 aromatic rings. The second-order valence-corrected chi connectivity index (χ2v) is 17.9. The molecule has 0 amide bonds. The van der Waals surface area contributed by atoms with Gasteiger partial charge in [0.1, 0.15) is 0 Å². The lowest BCUT2D eigenvalue weighted by Gasteiger charge is -2.64. The van der Waals surface area contributed by atoms with Crippen LogP contribution in [0.15, 0.2) is 24.3 Å². The molecule has 6 unspecified atom stereocenters. The highest BCUT2D eigenvalue weighted by molar-refractivity contribution is 7.53. The molecule has 4 saturated carbocycles. The SMILES string of the molecule is CC[C@H]1C(O)C2C(CC[C@@]3(C)C2CC[C@@H]3[C@H](C)CCOP2(=O)C[C@H](c3ccccc3Cl)CCO2)[C@@]2(C)CC[C@@H](O)CC12. The van der Waals surface area contributed by atoms with Crippen molar-refractivity contribution in [2.45, 2.75) is 110 Å². The molecule has 13 atom stereocenters. The van der Waals surface area contributed by atoms with Crippen LogP contribution < -0.4 is 0 Å². The molecule has 0 aromatic heterocycles. The Hall–Kier alpha value is -0.420. The molecule has 2 N–H and O–H groups in total. The molecular weight excluding hydrogens is 567 g/mol. The van der Waals surface area contributed by atoms with Gasteiger partial charge in [-0.1, -0.05) is 63.9 Å². The lowest BCUT2D eigenvalue weighted by molar-refractivity contribution is -0.203. The van der Waals surface area contributed by atoms with Crippen molar-refractivity contribution in [2.24, 2.45) is 52.3 Å². The topological polar surface area (TPSA) is 76.0 Å². The summed E-state index contributed by atoms with van der Waals surface area (Å²) in [6.45, 7) is 10.5. The summed E-state index contributed by atoms with van der Waals surface area (Å²) in [4.78, 5) is 0. The minimum Gasteiger partial charge on any atom is -0.393 e. The molecule has 1 aromatic carbocycles. The van der Waals surface area contributed by atoms with Crippen LogP contribution in [0.25, 0.3) is 0 Å². The maximum absolute atomic E-state index is 13.6. The van der Waals surface area contributed by atoms with Crippen LogP contribution in [-0.4, -0.2) is 41.8 Å². The zero-order valence-corrected chi connectivity index (χ0v) is 27.9. The zero-order chi connectivity index (χ0) is 29.9. The number of hydrogen-bond acceptors (Lipinski definition) is 5. The number of benzene rings is 1. The predicted octanol–water partition coefficient (Wildman–Crippen LogP) is 8.71. The van der Waals surface area contributed by atoms with Gasteiger partial charge in [0.25, 0.3) is 0 Å². The van der Waals surface area contributed by atoms with Gasteiger partial charge in [0, 0.05) is 5.02 Å². The quantitative estimate of drug-likeness (QED) is 0.298. The van der Waals surface area contributed by atoms with E-state index in [0.29, 0.717) is 60.8 Å². The van der Waals surface area contributed by atoms with E-state index in [4.69, 9.17) is 20.6 Å². The van der Waals surface area contributed by atoms with E-state index in [0.717, 1.165) is 49.1 Å². The Labute approximate surface area is 259 Å². The number of halogens is 1. The Morgan fingerprint density at radius 3 is 2.55 bits per heavy atom. The maximum atomic E-state index is 13.6. The van der Waals surface area contributed by atoms with Gasteiger partial charge in [0.05, 0.1) is 31.6 Å². The summed E-state index contributed by atoms with van der Waals surface area (Å²) < 4.78 is 25.5. The van der Waals surface area contributed by atoms with E-state index in [2.05, 4.69) is 27.7 Å². The molecule has 5 fully saturated rings. The number of aliphatic hydroxyl groups is 2. The molecule has 5 nitrogen and oxygen atoms in total. The molecule has 236 valence electrons. The van der Waals surface area contributed by atoms with Gasteiger partial charge in [-0.2, -0.15) is 0 Å². The molecule has 5 aliphatic rings. The van der Waals surface area contributed by atoms with Gasteiger partial charge < -0.3 is 19.3 Å². The molecule has 6 rings (SSSR count). The zero-order valence-electron chi connectivity index (χ0n) is 26.2. The standard InChI is InChI=1S/C35H54ClO5P/c1-5-25-30-20-24(37)12-16-35(30,4)29-13-17-34(3)27(10-11-28(34)32(29)33(25)38)22(2)14-18-40-42(39)21-23(15-19-41-42)26-8-6-7-9-31(26)36/h6-9,22-25,27-30,32-33,37-38H,5,10-21H2,1-4H3/t22-,23-,24-,25-,27-,28?,29?,30?,32?,33?,34-,35-,42?/m1/s1. The van der Waals surface area contributed by atoms with Crippen molar-refractivity contribution >= 4 is 19.2 Å². The van der Waals surface area contributed by atoms with E-state index in [9.17, 15) is 14.8 Å². The number of fused-ring (bicyclic) bond motifs is 5. The van der Waals surface area contributed by atoms with Crippen LogP contribution in [-0.2, 0) is 13.6 Å². The monoisotopic (exact) mass is 620 g/mol. The van der Waals surface area contributed by atoms with Gasteiger partial charge in [0.2, 0.25) is 0 Å². The molecule has 1 heterocycles. The first-order valence-corrected chi connectivity index (χ1v) is 19.1. The Morgan fingerprint density at radius 2 is 1.79 bits per heavy atom. The minimum absolute atomic E-state index is 0.100. The summed E-state index contributed by atoms with van der Waals surface area (Å²) in [5, 5.41) is 23.3. The van der Waals surface area contributed by atoms with Gasteiger partial charge in [-0.05, 0) is 128 Å². The normalized spacial score (nSPS) is 47.7. The third-order valence-electron chi connectivity index (χ3n) is 13.6. The largest absolute Gasteiger partial charge is 0.393 e. The average Bonchev–Trinajstić information content (AvgIpc) is 3.31. The average molecular weight is 621 g/mol. The van der Waals surface area contributed by atoms with Crippen LogP contribution >= 0.6 is 19.2 Å². The van der Waals surface area contributed by atoms with Gasteiger partial charge in [-0.3, -0.25) is 4.57 Å². The van der Waals surface area contributed by atoms with E-state index >= 15 is 0 Å². The van der Waals surface area contributed by atoms with Crippen molar-refractivity contribution in [1.82, 2.24) is 0 Å². The summed E-state index contributed by atoms with van der Waals surface area (Å²) in [6, 6.07) is 7.84. The summed E-state index contributed by atoms with van der Waals surface area (Å²) in [6.07, 6.45) is 10.3. The van der Waals surface area contributed by atoms with E-state index in [1.54, 1.807) is 0 Å². The summed E-state index contributed by atoms with van der Waals surface area (Å²) in [7, 11) is -3.16. The van der Waals surface area contributed by atoms with Crippen molar-refractivity contribution in [3.05, 3.63) is 34.9 Å². The molecule has 4 aliphatic carbocycles. The summed E-state index contributed by atoms with van der Waals surface area (Å²) >= 11 is 6.46. The first kappa shape index (κ1) is 31.6. The highest BCUT2D eigenvalue weighted by Gasteiger charge is 2.64. The second-order valence-electron chi connectivity index (χ2n) is 15.4. The first-order valence-electron chi connectivity index (χ1n) is 17.0.